The number of halogens is 2. The second-order valence-electron chi connectivity index (χ2n) is 6.30. The first-order valence-electron chi connectivity index (χ1n) is 8.35. The highest BCUT2D eigenvalue weighted by atomic mass is 32.1. The van der Waals surface area contributed by atoms with Crippen LogP contribution >= 0.6 is 11.3 Å². The van der Waals surface area contributed by atoms with Crippen molar-refractivity contribution in [2.24, 2.45) is 0 Å². The molecule has 3 aromatic rings. The zero-order valence-corrected chi connectivity index (χ0v) is 15.8. The average molecular weight is 387 g/mol. The van der Waals surface area contributed by atoms with Gasteiger partial charge in [-0.15, -0.1) is 11.3 Å². The van der Waals surface area contributed by atoms with Gasteiger partial charge in [-0.3, -0.25) is 4.79 Å². The summed E-state index contributed by atoms with van der Waals surface area (Å²) in [5, 5.41) is 5.17. The summed E-state index contributed by atoms with van der Waals surface area (Å²) in [4.78, 5) is 18.6. The van der Waals surface area contributed by atoms with Crippen LogP contribution in [0.3, 0.4) is 0 Å². The SMILES string of the molecule is CN(C)c1ccc(CNC(=O)c2csc(Cc3ccc(F)c(F)c3)n2)cc1. The van der Waals surface area contributed by atoms with E-state index in [4.69, 9.17) is 0 Å². The molecule has 0 fully saturated rings. The molecule has 0 aliphatic rings. The van der Waals surface area contributed by atoms with Crippen LogP contribution < -0.4 is 10.2 Å². The van der Waals surface area contributed by atoms with Gasteiger partial charge in [0.15, 0.2) is 11.6 Å². The number of carbonyl (C=O) groups excluding carboxylic acids is 1. The molecular formula is C20H19F2N3OS. The van der Waals surface area contributed by atoms with E-state index in [1.807, 2.05) is 43.3 Å². The number of carbonyl (C=O) groups is 1. The van der Waals surface area contributed by atoms with Gasteiger partial charge in [-0.25, -0.2) is 13.8 Å². The average Bonchev–Trinajstić information content (AvgIpc) is 3.11. The lowest BCUT2D eigenvalue weighted by Gasteiger charge is -2.12. The van der Waals surface area contributed by atoms with Crippen molar-refractivity contribution in [3.05, 3.63) is 81.3 Å². The Morgan fingerprint density at radius 3 is 2.44 bits per heavy atom. The highest BCUT2D eigenvalue weighted by Crippen LogP contribution is 2.17. The van der Waals surface area contributed by atoms with Crippen LogP contribution in [0.4, 0.5) is 14.5 Å². The largest absolute Gasteiger partial charge is 0.378 e. The molecule has 1 amide bonds. The Bertz CT molecular complexity index is 939. The molecule has 0 aliphatic carbocycles. The highest BCUT2D eigenvalue weighted by Gasteiger charge is 2.12. The topological polar surface area (TPSA) is 45.2 Å². The zero-order valence-electron chi connectivity index (χ0n) is 15.0. The lowest BCUT2D eigenvalue weighted by Crippen LogP contribution is -2.23. The van der Waals surface area contributed by atoms with E-state index in [-0.39, 0.29) is 5.91 Å². The van der Waals surface area contributed by atoms with Gasteiger partial charge in [0.1, 0.15) is 5.69 Å². The molecule has 3 rings (SSSR count). The number of nitrogens with zero attached hydrogens (tertiary/aromatic N) is 2. The number of hydrogen-bond donors (Lipinski definition) is 1. The smallest absolute Gasteiger partial charge is 0.271 e. The number of rotatable bonds is 6. The quantitative estimate of drug-likeness (QED) is 0.695. The summed E-state index contributed by atoms with van der Waals surface area (Å²) in [7, 11) is 3.94. The summed E-state index contributed by atoms with van der Waals surface area (Å²) in [5.74, 6) is -2.03. The Kier molecular flexibility index (Phi) is 5.81. The van der Waals surface area contributed by atoms with Crippen LogP contribution in [0.2, 0.25) is 0 Å². The van der Waals surface area contributed by atoms with Crippen LogP contribution in [0.5, 0.6) is 0 Å². The summed E-state index contributed by atoms with van der Waals surface area (Å²) < 4.78 is 26.3. The van der Waals surface area contributed by atoms with Gasteiger partial charge in [0.05, 0.1) is 5.01 Å². The molecule has 0 aliphatic heterocycles. The third kappa shape index (κ3) is 4.89. The summed E-state index contributed by atoms with van der Waals surface area (Å²) in [6.45, 7) is 0.405. The molecule has 7 heteroatoms. The van der Waals surface area contributed by atoms with E-state index in [1.54, 1.807) is 5.38 Å². The lowest BCUT2D eigenvalue weighted by atomic mass is 10.1. The number of anilines is 1. The van der Waals surface area contributed by atoms with Gasteiger partial charge in [-0.1, -0.05) is 18.2 Å². The maximum Gasteiger partial charge on any atom is 0.271 e. The number of nitrogens with one attached hydrogen (secondary N) is 1. The molecule has 1 heterocycles. The van der Waals surface area contributed by atoms with Crippen molar-refractivity contribution >= 4 is 22.9 Å². The molecule has 1 N–H and O–H groups in total. The summed E-state index contributed by atoms with van der Waals surface area (Å²) >= 11 is 1.32. The first-order chi connectivity index (χ1) is 12.9. The van der Waals surface area contributed by atoms with Gasteiger partial charge < -0.3 is 10.2 Å². The Morgan fingerprint density at radius 1 is 1.07 bits per heavy atom. The number of aromatic nitrogens is 1. The minimum atomic E-state index is -0.887. The van der Waals surface area contributed by atoms with E-state index in [2.05, 4.69) is 10.3 Å². The summed E-state index contributed by atoms with van der Waals surface area (Å²) in [6, 6.07) is 11.7. The van der Waals surface area contributed by atoms with E-state index in [0.717, 1.165) is 23.4 Å². The molecule has 0 saturated heterocycles. The predicted octanol–water partition coefficient (Wildman–Crippen LogP) is 4.01. The Labute approximate surface area is 160 Å². The number of hydrogen-bond acceptors (Lipinski definition) is 4. The Balaban J connectivity index is 1.58. The van der Waals surface area contributed by atoms with Gasteiger partial charge in [-0.05, 0) is 35.4 Å². The molecular weight excluding hydrogens is 368 g/mol. The molecule has 0 saturated carbocycles. The van der Waals surface area contributed by atoms with Gasteiger partial charge in [0.25, 0.3) is 5.91 Å². The first kappa shape index (κ1) is 19.0. The van der Waals surface area contributed by atoms with Crippen molar-refractivity contribution in [2.45, 2.75) is 13.0 Å². The standard InChI is InChI=1S/C20H19F2N3OS/c1-25(2)15-6-3-13(4-7-15)11-23-20(26)18-12-27-19(24-18)10-14-5-8-16(21)17(22)9-14/h3-9,12H,10-11H2,1-2H3,(H,23,26). The second-order valence-corrected chi connectivity index (χ2v) is 7.24. The fourth-order valence-corrected chi connectivity index (χ4v) is 3.31. The fourth-order valence-electron chi connectivity index (χ4n) is 2.51. The fraction of sp³-hybridized carbons (Fsp3) is 0.200. The Hall–Kier alpha value is -2.80. The van der Waals surface area contributed by atoms with Crippen LogP contribution in [-0.4, -0.2) is 25.0 Å². The minimum Gasteiger partial charge on any atom is -0.378 e. The normalized spacial score (nSPS) is 10.7. The molecule has 0 radical (unpaired) electrons. The number of thiazole rings is 1. The molecule has 140 valence electrons. The van der Waals surface area contributed by atoms with E-state index < -0.39 is 11.6 Å². The van der Waals surface area contributed by atoms with E-state index in [9.17, 15) is 13.6 Å². The molecule has 0 atom stereocenters. The highest BCUT2D eigenvalue weighted by molar-refractivity contribution is 7.09. The van der Waals surface area contributed by atoms with Gasteiger partial charge in [-0.2, -0.15) is 0 Å². The van der Waals surface area contributed by atoms with Crippen molar-refractivity contribution in [3.63, 3.8) is 0 Å². The number of benzene rings is 2. The summed E-state index contributed by atoms with van der Waals surface area (Å²) in [6.07, 6.45) is 0.348. The third-order valence-electron chi connectivity index (χ3n) is 4.03. The van der Waals surface area contributed by atoms with Crippen molar-refractivity contribution in [2.75, 3.05) is 19.0 Å². The van der Waals surface area contributed by atoms with Crippen molar-refractivity contribution in [1.82, 2.24) is 10.3 Å². The van der Waals surface area contributed by atoms with E-state index in [0.29, 0.717) is 29.2 Å². The molecule has 0 spiro atoms. The van der Waals surface area contributed by atoms with Crippen LogP contribution in [0.15, 0.2) is 47.8 Å². The molecule has 0 bridgehead atoms. The minimum absolute atomic E-state index is 0.264. The maximum atomic E-state index is 13.3. The number of amides is 1. The van der Waals surface area contributed by atoms with Crippen LogP contribution in [0.1, 0.15) is 26.6 Å². The summed E-state index contributed by atoms with van der Waals surface area (Å²) in [5.41, 5.74) is 3.01. The van der Waals surface area contributed by atoms with E-state index >= 15 is 0 Å². The first-order valence-corrected chi connectivity index (χ1v) is 9.23. The van der Waals surface area contributed by atoms with Crippen molar-refractivity contribution in [1.29, 1.82) is 0 Å². The Morgan fingerprint density at radius 2 is 1.78 bits per heavy atom. The lowest BCUT2D eigenvalue weighted by molar-refractivity contribution is 0.0946. The molecule has 0 unspecified atom stereocenters. The molecule has 2 aromatic carbocycles. The second kappa shape index (κ2) is 8.26. The van der Waals surface area contributed by atoms with Crippen LogP contribution in [0.25, 0.3) is 0 Å². The maximum absolute atomic E-state index is 13.3. The van der Waals surface area contributed by atoms with Gasteiger partial charge in [0.2, 0.25) is 0 Å². The molecule has 27 heavy (non-hydrogen) atoms. The predicted molar refractivity (Wildman–Crippen MR) is 103 cm³/mol. The molecule has 1 aromatic heterocycles. The molecule has 4 nitrogen and oxygen atoms in total. The zero-order chi connectivity index (χ0) is 19.4. The van der Waals surface area contributed by atoms with Crippen molar-refractivity contribution < 1.29 is 13.6 Å². The van der Waals surface area contributed by atoms with Crippen molar-refractivity contribution in [3.8, 4) is 0 Å². The van der Waals surface area contributed by atoms with Crippen LogP contribution in [0, 0.1) is 11.6 Å². The van der Waals surface area contributed by atoms with Gasteiger partial charge >= 0.3 is 0 Å². The monoisotopic (exact) mass is 387 g/mol. The van der Waals surface area contributed by atoms with Gasteiger partial charge in [0, 0.05) is 38.1 Å². The van der Waals surface area contributed by atoms with Crippen LogP contribution in [-0.2, 0) is 13.0 Å². The third-order valence-corrected chi connectivity index (χ3v) is 4.88. The van der Waals surface area contributed by atoms with E-state index in [1.165, 1.54) is 17.4 Å².